The SMILES string of the molecule is CCCCCCC/C=C\C/C=C\CCCCCCCCCCCCCCCCCCCC(=O)OCC(COC(=O)CCCCCCCCCCC)OC(=O)CCCCCCCCCCC/C=C\C/C=C\CCCCCCC. The summed E-state index contributed by atoms with van der Waals surface area (Å²) in [6.07, 6.45) is 82.9. The number of carbonyl (C=O) groups is 3. The number of esters is 3. The predicted octanol–water partition coefficient (Wildman–Crippen LogP) is 23.3. The van der Waals surface area contributed by atoms with Gasteiger partial charge >= 0.3 is 17.9 Å². The largest absolute Gasteiger partial charge is 0.462 e. The maximum atomic E-state index is 12.9. The number of unbranched alkanes of at least 4 members (excludes halogenated alkanes) is 44. The summed E-state index contributed by atoms with van der Waals surface area (Å²) in [5.41, 5.74) is 0. The molecule has 0 heterocycles. The summed E-state index contributed by atoms with van der Waals surface area (Å²) in [6.45, 7) is 6.65. The van der Waals surface area contributed by atoms with E-state index in [2.05, 4.69) is 69.4 Å². The highest BCUT2D eigenvalue weighted by Crippen LogP contribution is 2.18. The van der Waals surface area contributed by atoms with Crippen molar-refractivity contribution in [3.8, 4) is 0 Å². The fraction of sp³-hybridized carbons (Fsp3) is 0.845. The zero-order valence-electron chi connectivity index (χ0n) is 51.7. The van der Waals surface area contributed by atoms with Gasteiger partial charge in [-0.1, -0.05) is 313 Å². The van der Waals surface area contributed by atoms with E-state index in [1.165, 1.54) is 257 Å². The molecule has 0 radical (unpaired) electrons. The lowest BCUT2D eigenvalue weighted by molar-refractivity contribution is -0.167. The maximum absolute atomic E-state index is 12.9. The monoisotopic (exact) mass is 1080 g/mol. The second kappa shape index (κ2) is 65.9. The molecule has 6 nitrogen and oxygen atoms in total. The molecule has 6 heteroatoms. The van der Waals surface area contributed by atoms with Crippen molar-refractivity contribution in [2.75, 3.05) is 13.2 Å². The molecule has 0 fully saturated rings. The Balaban J connectivity index is 4.12. The second-order valence-electron chi connectivity index (χ2n) is 23.1. The minimum absolute atomic E-state index is 0.0703. The van der Waals surface area contributed by atoms with Crippen LogP contribution in [0.2, 0.25) is 0 Å². The Morgan fingerprint density at radius 2 is 0.468 bits per heavy atom. The van der Waals surface area contributed by atoms with Crippen LogP contribution >= 0.6 is 0 Å². The highest BCUT2D eigenvalue weighted by atomic mass is 16.6. The van der Waals surface area contributed by atoms with E-state index in [9.17, 15) is 14.4 Å². The van der Waals surface area contributed by atoms with Gasteiger partial charge in [0.1, 0.15) is 13.2 Å². The molecule has 0 aromatic carbocycles. The summed E-state index contributed by atoms with van der Waals surface area (Å²) in [5.74, 6) is -0.855. The molecule has 0 aromatic rings. The van der Waals surface area contributed by atoms with Crippen LogP contribution < -0.4 is 0 Å². The van der Waals surface area contributed by atoms with Gasteiger partial charge in [-0.05, 0) is 83.5 Å². The van der Waals surface area contributed by atoms with Crippen molar-refractivity contribution in [1.82, 2.24) is 0 Å². The molecule has 0 rings (SSSR count). The Labute approximate surface area is 479 Å². The number of carbonyl (C=O) groups excluding carboxylic acids is 3. The van der Waals surface area contributed by atoms with E-state index in [0.717, 1.165) is 70.6 Å². The van der Waals surface area contributed by atoms with Crippen molar-refractivity contribution in [2.24, 2.45) is 0 Å². The molecule has 1 unspecified atom stereocenters. The third kappa shape index (κ3) is 64.1. The van der Waals surface area contributed by atoms with Crippen LogP contribution in [0, 0.1) is 0 Å². The van der Waals surface area contributed by atoms with Gasteiger partial charge in [0, 0.05) is 19.3 Å². The van der Waals surface area contributed by atoms with Crippen LogP contribution in [0.3, 0.4) is 0 Å². The lowest BCUT2D eigenvalue weighted by atomic mass is 10.0. The van der Waals surface area contributed by atoms with E-state index in [4.69, 9.17) is 14.2 Å². The van der Waals surface area contributed by atoms with Crippen molar-refractivity contribution < 1.29 is 28.6 Å². The predicted molar refractivity (Wildman–Crippen MR) is 335 cm³/mol. The Morgan fingerprint density at radius 1 is 0.260 bits per heavy atom. The number of allylic oxidation sites excluding steroid dienone is 8. The minimum atomic E-state index is -0.772. The molecular formula is C71H130O6. The van der Waals surface area contributed by atoms with Crippen LogP contribution in [0.1, 0.15) is 367 Å². The summed E-state index contributed by atoms with van der Waals surface area (Å²) in [7, 11) is 0. The average Bonchev–Trinajstić information content (AvgIpc) is 3.43. The van der Waals surface area contributed by atoms with Crippen LogP contribution in [0.5, 0.6) is 0 Å². The van der Waals surface area contributed by atoms with Gasteiger partial charge in [0.25, 0.3) is 0 Å². The van der Waals surface area contributed by atoms with Gasteiger partial charge in [-0.15, -0.1) is 0 Å². The Morgan fingerprint density at radius 3 is 0.714 bits per heavy atom. The maximum Gasteiger partial charge on any atom is 0.306 e. The van der Waals surface area contributed by atoms with Crippen LogP contribution in [-0.4, -0.2) is 37.2 Å². The molecule has 0 saturated carbocycles. The molecule has 77 heavy (non-hydrogen) atoms. The fourth-order valence-electron chi connectivity index (χ4n) is 10.2. The molecule has 0 aliphatic heterocycles. The van der Waals surface area contributed by atoms with E-state index >= 15 is 0 Å². The van der Waals surface area contributed by atoms with Gasteiger partial charge in [-0.2, -0.15) is 0 Å². The van der Waals surface area contributed by atoms with Crippen molar-refractivity contribution >= 4 is 17.9 Å². The third-order valence-corrected chi connectivity index (χ3v) is 15.3. The lowest BCUT2D eigenvalue weighted by Gasteiger charge is -2.18. The molecule has 0 saturated heterocycles. The molecule has 0 N–H and O–H groups in total. The Hall–Kier alpha value is -2.63. The van der Waals surface area contributed by atoms with Gasteiger partial charge in [0.15, 0.2) is 6.10 Å². The Kier molecular flexibility index (Phi) is 63.6. The molecule has 0 aliphatic rings. The minimum Gasteiger partial charge on any atom is -0.462 e. The lowest BCUT2D eigenvalue weighted by Crippen LogP contribution is -2.30. The van der Waals surface area contributed by atoms with Crippen molar-refractivity contribution in [1.29, 1.82) is 0 Å². The third-order valence-electron chi connectivity index (χ3n) is 15.3. The topological polar surface area (TPSA) is 78.9 Å². The van der Waals surface area contributed by atoms with Crippen molar-refractivity contribution in [3.63, 3.8) is 0 Å². The molecule has 1 atom stereocenters. The fourth-order valence-corrected chi connectivity index (χ4v) is 10.2. The van der Waals surface area contributed by atoms with Crippen molar-refractivity contribution in [2.45, 2.75) is 374 Å². The standard InChI is InChI=1S/C71H130O6/c1-4-7-10-13-16-19-21-23-25-27-29-31-32-33-34-35-36-37-38-40-41-43-45-47-49-52-55-58-61-64-70(73)76-67-68(66-75-69(72)63-60-57-54-51-18-15-12-9-6-3)77-71(74)65-62-59-56-53-50-48-46-44-42-39-30-28-26-24-22-20-17-14-11-8-5-2/h21-24,27-30,68H,4-20,25-26,31-67H2,1-3H3/b23-21-,24-22-,29-27-,30-28-. The molecule has 0 aromatic heterocycles. The molecular weight excluding hydrogens is 949 g/mol. The van der Waals surface area contributed by atoms with Gasteiger partial charge in [-0.25, -0.2) is 0 Å². The molecule has 0 bridgehead atoms. The number of hydrogen-bond donors (Lipinski definition) is 0. The zero-order chi connectivity index (χ0) is 55.7. The zero-order valence-corrected chi connectivity index (χ0v) is 51.7. The average molecular weight is 1080 g/mol. The molecule has 450 valence electrons. The molecule has 0 aliphatic carbocycles. The van der Waals surface area contributed by atoms with E-state index in [1.54, 1.807) is 0 Å². The van der Waals surface area contributed by atoms with E-state index in [1.807, 2.05) is 0 Å². The first-order valence-corrected chi connectivity index (χ1v) is 34.1. The highest BCUT2D eigenvalue weighted by Gasteiger charge is 2.19. The van der Waals surface area contributed by atoms with Crippen molar-refractivity contribution in [3.05, 3.63) is 48.6 Å². The van der Waals surface area contributed by atoms with E-state index < -0.39 is 6.10 Å². The normalized spacial score (nSPS) is 12.3. The first kappa shape index (κ1) is 74.4. The van der Waals surface area contributed by atoms with Gasteiger partial charge in [0.2, 0.25) is 0 Å². The molecule has 0 spiro atoms. The number of ether oxygens (including phenoxy) is 3. The summed E-state index contributed by atoms with van der Waals surface area (Å²) in [5, 5.41) is 0. The van der Waals surface area contributed by atoms with Gasteiger partial charge in [0.05, 0.1) is 0 Å². The number of rotatable bonds is 63. The quantitative estimate of drug-likeness (QED) is 0.0261. The summed E-state index contributed by atoms with van der Waals surface area (Å²) >= 11 is 0. The van der Waals surface area contributed by atoms with Crippen LogP contribution in [0.15, 0.2) is 48.6 Å². The summed E-state index contributed by atoms with van der Waals surface area (Å²) < 4.78 is 16.9. The second-order valence-corrected chi connectivity index (χ2v) is 23.1. The molecule has 0 amide bonds. The van der Waals surface area contributed by atoms with E-state index in [-0.39, 0.29) is 31.1 Å². The van der Waals surface area contributed by atoms with E-state index in [0.29, 0.717) is 19.3 Å². The van der Waals surface area contributed by atoms with Crippen LogP contribution in [-0.2, 0) is 28.6 Å². The van der Waals surface area contributed by atoms with Gasteiger partial charge < -0.3 is 14.2 Å². The smallest absolute Gasteiger partial charge is 0.306 e. The van der Waals surface area contributed by atoms with Gasteiger partial charge in [-0.3, -0.25) is 14.4 Å². The summed E-state index contributed by atoms with van der Waals surface area (Å²) in [4.78, 5) is 38.2. The Bertz CT molecular complexity index is 1330. The summed E-state index contributed by atoms with van der Waals surface area (Å²) in [6, 6.07) is 0. The first-order valence-electron chi connectivity index (χ1n) is 34.1. The number of hydrogen-bond acceptors (Lipinski definition) is 6. The van der Waals surface area contributed by atoms with Crippen LogP contribution in [0.25, 0.3) is 0 Å². The first-order chi connectivity index (χ1) is 38.0. The highest BCUT2D eigenvalue weighted by molar-refractivity contribution is 5.71. The van der Waals surface area contributed by atoms with Crippen LogP contribution in [0.4, 0.5) is 0 Å².